The van der Waals surface area contributed by atoms with Gasteiger partial charge >= 0.3 is 6.01 Å². The van der Waals surface area contributed by atoms with Gasteiger partial charge in [-0.2, -0.15) is 9.97 Å². The molecule has 0 atom stereocenters. The van der Waals surface area contributed by atoms with Gasteiger partial charge < -0.3 is 15.0 Å². The van der Waals surface area contributed by atoms with E-state index in [4.69, 9.17) is 10.5 Å². The quantitative estimate of drug-likeness (QED) is 0.769. The van der Waals surface area contributed by atoms with Gasteiger partial charge in [-0.05, 0) is 37.3 Å². The number of hydrogen-bond donors (Lipinski definition) is 1. The zero-order chi connectivity index (χ0) is 17.6. The van der Waals surface area contributed by atoms with Gasteiger partial charge in [0, 0.05) is 5.56 Å². The number of rotatable bonds is 5. The van der Waals surface area contributed by atoms with Crippen LogP contribution in [0.5, 0.6) is 6.01 Å². The largest absolute Gasteiger partial charge is 0.463 e. The lowest BCUT2D eigenvalue weighted by Gasteiger charge is -2.09. The fourth-order valence-electron chi connectivity index (χ4n) is 2.63. The Morgan fingerprint density at radius 1 is 1.28 bits per heavy atom. The first-order chi connectivity index (χ1) is 12.0. The number of halogens is 2. The highest BCUT2D eigenvalue weighted by Gasteiger charge is 2.23. The van der Waals surface area contributed by atoms with E-state index in [0.29, 0.717) is 29.3 Å². The number of aryl methyl sites for hydroxylation is 1. The maximum absolute atomic E-state index is 14.3. The SMILES string of the molecule is Cc1ccc(F)c(Cn2cnc3c(N)nc(OCC4CC4)nc32)c1F. The first-order valence-corrected chi connectivity index (χ1v) is 8.07. The molecule has 8 heteroatoms. The van der Waals surface area contributed by atoms with Crippen LogP contribution in [0, 0.1) is 24.5 Å². The predicted molar refractivity (Wildman–Crippen MR) is 88.2 cm³/mol. The van der Waals surface area contributed by atoms with E-state index in [-0.39, 0.29) is 23.9 Å². The van der Waals surface area contributed by atoms with Crippen LogP contribution >= 0.6 is 0 Å². The Morgan fingerprint density at radius 3 is 2.84 bits per heavy atom. The van der Waals surface area contributed by atoms with E-state index < -0.39 is 11.6 Å². The number of fused-ring (bicyclic) bond motifs is 1. The predicted octanol–water partition coefficient (Wildman–Crippen LogP) is 2.83. The summed E-state index contributed by atoms with van der Waals surface area (Å²) < 4.78 is 35.4. The summed E-state index contributed by atoms with van der Waals surface area (Å²) in [5, 5.41) is 0. The van der Waals surface area contributed by atoms with Crippen molar-refractivity contribution in [2.75, 3.05) is 12.3 Å². The van der Waals surface area contributed by atoms with Crippen LogP contribution in [0.15, 0.2) is 18.5 Å². The van der Waals surface area contributed by atoms with E-state index in [1.54, 1.807) is 6.92 Å². The highest BCUT2D eigenvalue weighted by atomic mass is 19.1. The smallest absolute Gasteiger partial charge is 0.320 e. The first-order valence-electron chi connectivity index (χ1n) is 8.07. The first kappa shape index (κ1) is 15.7. The molecule has 1 fully saturated rings. The standard InChI is InChI=1S/C17H17F2N5O/c1-9-2-5-12(18)11(13(9)19)6-24-8-21-14-15(20)22-17(23-16(14)24)25-7-10-3-4-10/h2,5,8,10H,3-4,6-7H2,1H3,(H2,20,22,23). The molecule has 130 valence electrons. The topological polar surface area (TPSA) is 78.9 Å². The molecule has 4 rings (SSSR count). The molecule has 1 saturated carbocycles. The van der Waals surface area contributed by atoms with Crippen molar-refractivity contribution in [3.8, 4) is 6.01 Å². The minimum Gasteiger partial charge on any atom is -0.463 e. The lowest BCUT2D eigenvalue weighted by atomic mass is 10.1. The van der Waals surface area contributed by atoms with Gasteiger partial charge in [0.05, 0.1) is 19.5 Å². The number of ether oxygens (including phenoxy) is 1. The molecule has 0 saturated heterocycles. The summed E-state index contributed by atoms with van der Waals surface area (Å²) in [5.41, 5.74) is 7.02. The zero-order valence-electron chi connectivity index (χ0n) is 13.7. The molecule has 1 aromatic carbocycles. The van der Waals surface area contributed by atoms with Crippen molar-refractivity contribution in [2.45, 2.75) is 26.3 Å². The van der Waals surface area contributed by atoms with Crippen LogP contribution in [-0.2, 0) is 6.54 Å². The third-order valence-corrected chi connectivity index (χ3v) is 4.32. The van der Waals surface area contributed by atoms with Gasteiger partial charge in [-0.25, -0.2) is 13.8 Å². The molecular weight excluding hydrogens is 328 g/mol. The Labute approximate surface area is 142 Å². The van der Waals surface area contributed by atoms with Crippen LogP contribution in [0.2, 0.25) is 0 Å². The van der Waals surface area contributed by atoms with Crippen LogP contribution < -0.4 is 10.5 Å². The van der Waals surface area contributed by atoms with E-state index in [9.17, 15) is 8.78 Å². The summed E-state index contributed by atoms with van der Waals surface area (Å²) in [5.74, 6) is -0.466. The summed E-state index contributed by atoms with van der Waals surface area (Å²) in [4.78, 5) is 12.6. The highest BCUT2D eigenvalue weighted by molar-refractivity contribution is 5.82. The Hall–Kier alpha value is -2.77. The molecule has 2 aromatic heterocycles. The maximum Gasteiger partial charge on any atom is 0.320 e. The van der Waals surface area contributed by atoms with Crippen molar-refractivity contribution in [2.24, 2.45) is 5.92 Å². The van der Waals surface area contributed by atoms with Gasteiger partial charge in [0.25, 0.3) is 0 Å². The third-order valence-electron chi connectivity index (χ3n) is 4.32. The number of benzene rings is 1. The molecule has 0 radical (unpaired) electrons. The third kappa shape index (κ3) is 2.99. The molecule has 3 aromatic rings. The van der Waals surface area contributed by atoms with Crippen molar-refractivity contribution in [1.29, 1.82) is 0 Å². The van der Waals surface area contributed by atoms with E-state index in [1.165, 1.54) is 23.0 Å². The molecule has 0 unspecified atom stereocenters. The van der Waals surface area contributed by atoms with Crippen molar-refractivity contribution in [1.82, 2.24) is 19.5 Å². The van der Waals surface area contributed by atoms with E-state index in [2.05, 4.69) is 15.0 Å². The number of nitrogen functional groups attached to an aromatic ring is 1. The van der Waals surface area contributed by atoms with Gasteiger partial charge in [0.1, 0.15) is 11.6 Å². The highest BCUT2D eigenvalue weighted by Crippen LogP contribution is 2.29. The van der Waals surface area contributed by atoms with Gasteiger partial charge in [-0.15, -0.1) is 0 Å². The Kier molecular flexibility index (Phi) is 3.74. The fourth-order valence-corrected chi connectivity index (χ4v) is 2.63. The minimum atomic E-state index is -0.614. The number of anilines is 1. The Morgan fingerprint density at radius 2 is 2.08 bits per heavy atom. The van der Waals surface area contributed by atoms with Gasteiger partial charge in [-0.1, -0.05) is 6.07 Å². The van der Waals surface area contributed by atoms with Crippen LogP contribution in [0.3, 0.4) is 0 Å². The van der Waals surface area contributed by atoms with Crippen molar-refractivity contribution in [3.63, 3.8) is 0 Å². The van der Waals surface area contributed by atoms with Crippen molar-refractivity contribution >= 4 is 17.0 Å². The van der Waals surface area contributed by atoms with Crippen LogP contribution in [0.1, 0.15) is 24.0 Å². The average Bonchev–Trinajstić information content (AvgIpc) is 3.33. The molecule has 0 bridgehead atoms. The molecule has 1 aliphatic carbocycles. The lowest BCUT2D eigenvalue weighted by molar-refractivity contribution is 0.277. The molecule has 2 heterocycles. The molecule has 0 aliphatic heterocycles. The van der Waals surface area contributed by atoms with E-state index >= 15 is 0 Å². The lowest BCUT2D eigenvalue weighted by Crippen LogP contribution is -2.08. The number of aromatic nitrogens is 4. The van der Waals surface area contributed by atoms with Gasteiger partial charge in [-0.3, -0.25) is 0 Å². The summed E-state index contributed by atoms with van der Waals surface area (Å²) in [6.45, 7) is 2.09. The van der Waals surface area contributed by atoms with Gasteiger partial charge in [0.2, 0.25) is 0 Å². The molecular formula is C17H17F2N5O. The molecule has 1 aliphatic rings. The molecule has 6 nitrogen and oxygen atoms in total. The second kappa shape index (κ2) is 5.94. The Balaban J connectivity index is 1.71. The van der Waals surface area contributed by atoms with Crippen LogP contribution in [-0.4, -0.2) is 26.1 Å². The molecule has 0 spiro atoms. The average molecular weight is 345 g/mol. The normalized spacial score (nSPS) is 14.2. The maximum atomic E-state index is 14.3. The number of nitrogens with two attached hydrogens (primary N) is 1. The zero-order valence-corrected chi connectivity index (χ0v) is 13.7. The van der Waals surface area contributed by atoms with Gasteiger partial charge in [0.15, 0.2) is 17.0 Å². The van der Waals surface area contributed by atoms with E-state index in [0.717, 1.165) is 12.8 Å². The summed E-state index contributed by atoms with van der Waals surface area (Å²) in [7, 11) is 0. The summed E-state index contributed by atoms with van der Waals surface area (Å²) in [6, 6.07) is 2.81. The molecule has 25 heavy (non-hydrogen) atoms. The minimum absolute atomic E-state index is 0.0445. The number of nitrogens with zero attached hydrogens (tertiary/aromatic N) is 4. The van der Waals surface area contributed by atoms with Crippen molar-refractivity contribution in [3.05, 3.63) is 41.2 Å². The molecule has 2 N–H and O–H groups in total. The number of imidazole rings is 1. The van der Waals surface area contributed by atoms with Crippen LogP contribution in [0.25, 0.3) is 11.2 Å². The second-order valence-corrected chi connectivity index (χ2v) is 6.35. The Bertz CT molecular complexity index is 952. The summed E-state index contributed by atoms with van der Waals surface area (Å²) in [6.07, 6.45) is 3.73. The number of hydrogen-bond acceptors (Lipinski definition) is 5. The monoisotopic (exact) mass is 345 g/mol. The van der Waals surface area contributed by atoms with Crippen LogP contribution in [0.4, 0.5) is 14.6 Å². The fraction of sp³-hybridized carbons (Fsp3) is 0.353. The van der Waals surface area contributed by atoms with E-state index in [1.807, 2.05) is 0 Å². The second-order valence-electron chi connectivity index (χ2n) is 6.35. The summed E-state index contributed by atoms with van der Waals surface area (Å²) >= 11 is 0. The molecule has 0 amide bonds. The van der Waals surface area contributed by atoms with Crippen molar-refractivity contribution < 1.29 is 13.5 Å².